The molecule has 24 heavy (non-hydrogen) atoms. The first-order chi connectivity index (χ1) is 11.6. The molecule has 0 aliphatic rings. The highest BCUT2D eigenvalue weighted by Crippen LogP contribution is 2.26. The van der Waals surface area contributed by atoms with Crippen LogP contribution in [0.15, 0.2) is 48.5 Å². The van der Waals surface area contributed by atoms with E-state index in [-0.39, 0.29) is 0 Å². The highest BCUT2D eigenvalue weighted by Gasteiger charge is 2.16. The van der Waals surface area contributed by atoms with Crippen molar-refractivity contribution in [1.29, 1.82) is 0 Å². The van der Waals surface area contributed by atoms with E-state index in [1.165, 1.54) is 0 Å². The van der Waals surface area contributed by atoms with Crippen molar-refractivity contribution in [2.24, 2.45) is 5.92 Å². The van der Waals surface area contributed by atoms with Crippen LogP contribution in [-0.2, 0) is 6.54 Å². The number of imidazole rings is 1. The minimum Gasteiger partial charge on any atom is -0.307 e. The Morgan fingerprint density at radius 3 is 2.25 bits per heavy atom. The van der Waals surface area contributed by atoms with Gasteiger partial charge < -0.3 is 4.57 Å². The molecule has 4 nitrogen and oxygen atoms in total. The lowest BCUT2D eigenvalue weighted by atomic mass is 10.2. The molecule has 0 saturated carbocycles. The quantitative estimate of drug-likeness (QED) is 0.531. The maximum Gasteiger partial charge on any atom is 0.198 e. The largest absolute Gasteiger partial charge is 0.307 e. The lowest BCUT2D eigenvalue weighted by molar-refractivity contribution is 0.534. The molecular weight excluding hydrogens is 320 g/mol. The summed E-state index contributed by atoms with van der Waals surface area (Å²) in [6.07, 6.45) is 0. The summed E-state index contributed by atoms with van der Waals surface area (Å²) >= 11 is 6.02. The van der Waals surface area contributed by atoms with Crippen LogP contribution in [0, 0.1) is 5.92 Å². The summed E-state index contributed by atoms with van der Waals surface area (Å²) in [6.45, 7) is 5.21. The van der Waals surface area contributed by atoms with Crippen LogP contribution in [-0.4, -0.2) is 19.5 Å². The van der Waals surface area contributed by atoms with Gasteiger partial charge in [-0.2, -0.15) is 0 Å². The van der Waals surface area contributed by atoms with Gasteiger partial charge in [-0.25, -0.2) is 15.0 Å². The van der Waals surface area contributed by atoms with Gasteiger partial charge in [-0.3, -0.25) is 0 Å². The zero-order valence-electron chi connectivity index (χ0n) is 13.6. The number of halogens is 1. The lowest BCUT2D eigenvalue weighted by Gasteiger charge is -2.11. The summed E-state index contributed by atoms with van der Waals surface area (Å²) in [5, 5.41) is 0.715. The number of para-hydroxylation sites is 2. The van der Waals surface area contributed by atoms with Gasteiger partial charge in [0.05, 0.1) is 11.0 Å². The second-order valence-corrected chi connectivity index (χ2v) is 6.74. The lowest BCUT2D eigenvalue weighted by Crippen LogP contribution is -2.07. The molecule has 0 bridgehead atoms. The smallest absolute Gasteiger partial charge is 0.198 e. The van der Waals surface area contributed by atoms with E-state index < -0.39 is 0 Å². The van der Waals surface area contributed by atoms with Gasteiger partial charge in [0.25, 0.3) is 0 Å². The molecule has 2 heterocycles. The zero-order chi connectivity index (χ0) is 16.7. The van der Waals surface area contributed by atoms with Crippen molar-refractivity contribution < 1.29 is 0 Å². The molecule has 0 radical (unpaired) electrons. The predicted molar refractivity (Wildman–Crippen MR) is 98.1 cm³/mol. The minimum atomic E-state index is 0.474. The average molecular weight is 337 g/mol. The Morgan fingerprint density at radius 1 is 0.917 bits per heavy atom. The molecule has 0 N–H and O–H groups in total. The Hall–Kier alpha value is -2.46. The first-order valence-corrected chi connectivity index (χ1v) is 8.38. The standard InChI is InChI=1S/C19H17ClN4/c1-12(2)11-24-18(13-7-9-14(20)10-8-13)23-17-19(24)22-16-6-4-3-5-15(16)21-17/h3-10,12H,11H2,1-2H3. The normalized spacial score (nSPS) is 11.7. The van der Waals surface area contributed by atoms with Gasteiger partial charge in [0, 0.05) is 17.1 Å². The Bertz CT molecular complexity index is 1020. The molecule has 2 aromatic heterocycles. The molecule has 120 valence electrons. The van der Waals surface area contributed by atoms with E-state index in [0.717, 1.165) is 34.6 Å². The molecule has 0 spiro atoms. The highest BCUT2D eigenvalue weighted by atomic mass is 35.5. The highest BCUT2D eigenvalue weighted by molar-refractivity contribution is 6.30. The SMILES string of the molecule is CC(C)Cn1c(-c2ccc(Cl)cc2)nc2nc3ccccc3nc21. The van der Waals surface area contributed by atoms with Crippen molar-refractivity contribution in [3.63, 3.8) is 0 Å². The van der Waals surface area contributed by atoms with E-state index in [2.05, 4.69) is 23.4 Å². The maximum absolute atomic E-state index is 6.02. The number of rotatable bonds is 3. The molecule has 0 aliphatic carbocycles. The fourth-order valence-electron chi connectivity index (χ4n) is 2.86. The molecule has 4 rings (SSSR count). The van der Waals surface area contributed by atoms with Crippen LogP contribution in [0.1, 0.15) is 13.8 Å². The van der Waals surface area contributed by atoms with Crippen molar-refractivity contribution in [2.75, 3.05) is 0 Å². The van der Waals surface area contributed by atoms with E-state index >= 15 is 0 Å². The van der Waals surface area contributed by atoms with E-state index in [9.17, 15) is 0 Å². The number of benzene rings is 2. The first kappa shape index (κ1) is 15.1. The Labute approximate surface area is 145 Å². The van der Waals surface area contributed by atoms with Crippen LogP contribution in [0.25, 0.3) is 33.7 Å². The van der Waals surface area contributed by atoms with E-state index in [1.54, 1.807) is 0 Å². The Morgan fingerprint density at radius 2 is 1.58 bits per heavy atom. The molecule has 2 aromatic carbocycles. The number of aromatic nitrogens is 4. The molecule has 0 fully saturated rings. The predicted octanol–water partition coefficient (Wildman–Crippen LogP) is 4.96. The Balaban J connectivity index is 2.00. The summed E-state index contributed by atoms with van der Waals surface area (Å²) in [4.78, 5) is 14.3. The Kier molecular flexibility index (Phi) is 3.69. The van der Waals surface area contributed by atoms with Gasteiger partial charge in [0.15, 0.2) is 11.3 Å². The van der Waals surface area contributed by atoms with Gasteiger partial charge in [-0.15, -0.1) is 0 Å². The first-order valence-electron chi connectivity index (χ1n) is 8.01. The number of fused-ring (bicyclic) bond motifs is 2. The van der Waals surface area contributed by atoms with E-state index in [1.807, 2.05) is 48.5 Å². The van der Waals surface area contributed by atoms with E-state index in [4.69, 9.17) is 21.6 Å². The molecule has 0 amide bonds. The minimum absolute atomic E-state index is 0.474. The number of nitrogens with zero attached hydrogens (tertiary/aromatic N) is 4. The molecule has 0 aliphatic heterocycles. The van der Waals surface area contributed by atoms with Gasteiger partial charge in [-0.1, -0.05) is 37.6 Å². The van der Waals surface area contributed by atoms with Crippen LogP contribution in [0.2, 0.25) is 5.02 Å². The number of hydrogen-bond acceptors (Lipinski definition) is 3. The van der Waals surface area contributed by atoms with Crippen molar-refractivity contribution in [2.45, 2.75) is 20.4 Å². The van der Waals surface area contributed by atoms with Crippen molar-refractivity contribution in [1.82, 2.24) is 19.5 Å². The molecule has 0 unspecified atom stereocenters. The molecule has 0 saturated heterocycles. The van der Waals surface area contributed by atoms with Crippen LogP contribution < -0.4 is 0 Å². The van der Waals surface area contributed by atoms with Crippen LogP contribution in [0.5, 0.6) is 0 Å². The van der Waals surface area contributed by atoms with Gasteiger partial charge in [0.1, 0.15) is 5.82 Å². The summed E-state index contributed by atoms with van der Waals surface area (Å²) in [6, 6.07) is 15.6. The zero-order valence-corrected chi connectivity index (χ0v) is 14.3. The van der Waals surface area contributed by atoms with E-state index in [0.29, 0.717) is 16.6 Å². The van der Waals surface area contributed by atoms with Gasteiger partial charge in [-0.05, 0) is 42.3 Å². The second-order valence-electron chi connectivity index (χ2n) is 6.31. The van der Waals surface area contributed by atoms with Gasteiger partial charge in [0.2, 0.25) is 0 Å². The van der Waals surface area contributed by atoms with Crippen LogP contribution in [0.3, 0.4) is 0 Å². The van der Waals surface area contributed by atoms with Crippen molar-refractivity contribution in [3.8, 4) is 11.4 Å². The van der Waals surface area contributed by atoms with Crippen LogP contribution in [0.4, 0.5) is 0 Å². The molecule has 4 aromatic rings. The molecule has 0 atom stereocenters. The van der Waals surface area contributed by atoms with Crippen molar-refractivity contribution >= 4 is 33.9 Å². The summed E-state index contributed by atoms with van der Waals surface area (Å²) < 4.78 is 2.16. The second kappa shape index (κ2) is 5.87. The summed E-state index contributed by atoms with van der Waals surface area (Å²) in [5.74, 6) is 1.35. The summed E-state index contributed by atoms with van der Waals surface area (Å²) in [5.41, 5.74) is 4.27. The third-order valence-electron chi connectivity index (χ3n) is 3.91. The molecule has 5 heteroatoms. The topological polar surface area (TPSA) is 43.6 Å². The maximum atomic E-state index is 6.02. The average Bonchev–Trinajstić information content (AvgIpc) is 2.90. The monoisotopic (exact) mass is 336 g/mol. The third kappa shape index (κ3) is 2.63. The van der Waals surface area contributed by atoms with Crippen molar-refractivity contribution in [3.05, 3.63) is 53.6 Å². The number of hydrogen-bond donors (Lipinski definition) is 0. The fourth-order valence-corrected chi connectivity index (χ4v) is 2.98. The molecular formula is C19H17ClN4. The fraction of sp³-hybridized carbons (Fsp3) is 0.211. The van der Waals surface area contributed by atoms with Gasteiger partial charge >= 0.3 is 0 Å². The summed E-state index contributed by atoms with van der Waals surface area (Å²) in [7, 11) is 0. The van der Waals surface area contributed by atoms with Crippen LogP contribution >= 0.6 is 11.6 Å². The third-order valence-corrected chi connectivity index (χ3v) is 4.16.